The van der Waals surface area contributed by atoms with Crippen LogP contribution in [-0.4, -0.2) is 5.78 Å². The number of ketones is 1. The lowest BCUT2D eigenvalue weighted by molar-refractivity contribution is -0.153. The Bertz CT molecular complexity index is 482. The van der Waals surface area contributed by atoms with Gasteiger partial charge in [-0.2, -0.15) is 0 Å². The molecule has 0 aromatic rings. The van der Waals surface area contributed by atoms with Crippen molar-refractivity contribution in [2.24, 2.45) is 40.4 Å². The average molecular weight is 317 g/mol. The predicted octanol–water partition coefficient (Wildman–Crippen LogP) is 6.01. The van der Waals surface area contributed by atoms with Gasteiger partial charge in [0, 0.05) is 5.92 Å². The minimum atomic E-state index is 0.323. The molecule has 4 aliphatic rings. The van der Waals surface area contributed by atoms with Gasteiger partial charge in [0.25, 0.3) is 0 Å². The van der Waals surface area contributed by atoms with Gasteiger partial charge in [-0.3, -0.25) is 4.79 Å². The van der Waals surface area contributed by atoms with Crippen LogP contribution < -0.4 is 0 Å². The molecule has 0 aromatic heterocycles. The molecular weight excluding hydrogens is 280 g/mol. The van der Waals surface area contributed by atoms with Crippen molar-refractivity contribution in [3.63, 3.8) is 0 Å². The summed E-state index contributed by atoms with van der Waals surface area (Å²) in [5, 5.41) is 0. The molecule has 1 nitrogen and oxygen atoms in total. The van der Waals surface area contributed by atoms with Crippen molar-refractivity contribution >= 4 is 5.78 Å². The van der Waals surface area contributed by atoms with Crippen molar-refractivity contribution < 1.29 is 4.79 Å². The molecule has 7 atom stereocenters. The summed E-state index contributed by atoms with van der Waals surface area (Å²) in [6.07, 6.45) is 15.5. The molecule has 0 heterocycles. The van der Waals surface area contributed by atoms with E-state index in [9.17, 15) is 4.79 Å². The molecule has 0 aliphatic heterocycles. The first kappa shape index (κ1) is 16.2. The number of Topliss-reactive ketones (excluding diaryl/α,β-unsaturated/α-hetero) is 1. The number of fused-ring (bicyclic) bond motifs is 5. The second kappa shape index (κ2) is 5.60. The van der Waals surface area contributed by atoms with E-state index in [2.05, 4.69) is 13.8 Å². The maximum atomic E-state index is 12.3. The molecule has 0 unspecified atom stereocenters. The molecule has 23 heavy (non-hydrogen) atoms. The largest absolute Gasteiger partial charge is 0.300 e. The SMILES string of the molecule is CC(=O)[C@@H]1CCC[C@@H]2[C@@H]3CC[C@@H]4CCCC[C@]4(C)[C@H]3CC[C@]21C. The minimum absolute atomic E-state index is 0.323. The topological polar surface area (TPSA) is 17.1 Å². The van der Waals surface area contributed by atoms with Crippen LogP contribution in [-0.2, 0) is 4.79 Å². The Morgan fingerprint density at radius 2 is 1.57 bits per heavy atom. The molecule has 0 N–H and O–H groups in total. The van der Waals surface area contributed by atoms with Crippen LogP contribution in [0.2, 0.25) is 0 Å². The summed E-state index contributed by atoms with van der Waals surface area (Å²) in [5.74, 6) is 4.57. The third kappa shape index (κ3) is 2.28. The van der Waals surface area contributed by atoms with E-state index in [4.69, 9.17) is 0 Å². The van der Waals surface area contributed by atoms with E-state index in [1.165, 1.54) is 70.6 Å². The van der Waals surface area contributed by atoms with Crippen molar-refractivity contribution in [3.8, 4) is 0 Å². The first-order valence-corrected chi connectivity index (χ1v) is 10.5. The summed E-state index contributed by atoms with van der Waals surface area (Å²) in [6.45, 7) is 7.01. The lowest BCUT2D eigenvalue weighted by Crippen LogP contribution is -2.56. The van der Waals surface area contributed by atoms with Crippen molar-refractivity contribution in [1.82, 2.24) is 0 Å². The number of hydrogen-bond acceptors (Lipinski definition) is 1. The van der Waals surface area contributed by atoms with Crippen LogP contribution in [0.15, 0.2) is 0 Å². The van der Waals surface area contributed by atoms with Gasteiger partial charge in [0.15, 0.2) is 0 Å². The van der Waals surface area contributed by atoms with Crippen molar-refractivity contribution in [2.45, 2.75) is 91.4 Å². The summed E-state index contributed by atoms with van der Waals surface area (Å²) in [7, 11) is 0. The number of carbonyl (C=O) groups excluding carboxylic acids is 1. The molecule has 4 saturated carbocycles. The molecule has 4 aliphatic carbocycles. The van der Waals surface area contributed by atoms with Gasteiger partial charge in [-0.25, -0.2) is 0 Å². The lowest BCUT2D eigenvalue weighted by atomic mass is 9.41. The number of carbonyl (C=O) groups is 1. The quantitative estimate of drug-likeness (QED) is 0.578. The fourth-order valence-electron chi connectivity index (χ4n) is 8.16. The summed E-state index contributed by atoms with van der Waals surface area (Å²) < 4.78 is 0. The van der Waals surface area contributed by atoms with E-state index in [0.717, 1.165) is 23.7 Å². The average Bonchev–Trinajstić information content (AvgIpc) is 2.52. The Morgan fingerprint density at radius 3 is 2.35 bits per heavy atom. The molecule has 0 amide bonds. The Labute approximate surface area is 143 Å². The van der Waals surface area contributed by atoms with Gasteiger partial charge in [-0.15, -0.1) is 0 Å². The van der Waals surface area contributed by atoms with E-state index in [-0.39, 0.29) is 0 Å². The van der Waals surface area contributed by atoms with E-state index in [1.807, 2.05) is 6.92 Å². The Balaban J connectivity index is 1.64. The highest BCUT2D eigenvalue weighted by atomic mass is 16.1. The van der Waals surface area contributed by atoms with E-state index < -0.39 is 0 Å². The van der Waals surface area contributed by atoms with E-state index >= 15 is 0 Å². The van der Waals surface area contributed by atoms with Crippen molar-refractivity contribution in [1.29, 1.82) is 0 Å². The maximum absolute atomic E-state index is 12.3. The predicted molar refractivity (Wildman–Crippen MR) is 95.1 cm³/mol. The van der Waals surface area contributed by atoms with E-state index in [0.29, 0.717) is 22.5 Å². The zero-order valence-corrected chi connectivity index (χ0v) is 15.6. The first-order chi connectivity index (χ1) is 11.0. The molecule has 0 aromatic carbocycles. The Kier molecular flexibility index (Phi) is 3.93. The minimum Gasteiger partial charge on any atom is -0.300 e. The second-order valence-corrected chi connectivity index (χ2v) is 10.0. The van der Waals surface area contributed by atoms with Gasteiger partial charge >= 0.3 is 0 Å². The van der Waals surface area contributed by atoms with Crippen LogP contribution in [0, 0.1) is 40.4 Å². The zero-order chi connectivity index (χ0) is 16.2. The van der Waals surface area contributed by atoms with Crippen LogP contribution in [0.5, 0.6) is 0 Å². The molecule has 0 radical (unpaired) electrons. The zero-order valence-electron chi connectivity index (χ0n) is 15.6. The Hall–Kier alpha value is -0.330. The lowest BCUT2D eigenvalue weighted by Gasteiger charge is -2.63. The van der Waals surface area contributed by atoms with Crippen molar-refractivity contribution in [3.05, 3.63) is 0 Å². The third-order valence-electron chi connectivity index (χ3n) is 9.32. The first-order valence-electron chi connectivity index (χ1n) is 10.5. The van der Waals surface area contributed by atoms with Crippen LogP contribution in [0.25, 0.3) is 0 Å². The van der Waals surface area contributed by atoms with Gasteiger partial charge in [-0.1, -0.05) is 33.1 Å². The van der Waals surface area contributed by atoms with Crippen LogP contribution in [0.4, 0.5) is 0 Å². The summed E-state index contributed by atoms with van der Waals surface area (Å²) in [4.78, 5) is 12.3. The van der Waals surface area contributed by atoms with Crippen LogP contribution in [0.3, 0.4) is 0 Å². The second-order valence-electron chi connectivity index (χ2n) is 10.0. The monoisotopic (exact) mass is 316 g/mol. The molecule has 130 valence electrons. The number of rotatable bonds is 1. The fourth-order valence-corrected chi connectivity index (χ4v) is 8.16. The smallest absolute Gasteiger partial charge is 0.133 e. The highest BCUT2D eigenvalue weighted by Gasteiger charge is 2.58. The van der Waals surface area contributed by atoms with Crippen LogP contribution in [0.1, 0.15) is 91.4 Å². The van der Waals surface area contributed by atoms with Crippen LogP contribution >= 0.6 is 0 Å². The molecule has 0 saturated heterocycles. The van der Waals surface area contributed by atoms with E-state index in [1.54, 1.807) is 0 Å². The summed E-state index contributed by atoms with van der Waals surface area (Å²) in [5.41, 5.74) is 0.953. The maximum Gasteiger partial charge on any atom is 0.133 e. The molecule has 1 heteroatoms. The molecular formula is C22H36O. The molecule has 4 fully saturated rings. The van der Waals surface area contributed by atoms with Crippen molar-refractivity contribution in [2.75, 3.05) is 0 Å². The summed E-state index contributed by atoms with van der Waals surface area (Å²) >= 11 is 0. The van der Waals surface area contributed by atoms with Gasteiger partial charge in [0.05, 0.1) is 0 Å². The standard InChI is InChI=1S/C22H36O/c1-15(23)18-8-6-9-19-17-11-10-16-7-4-5-13-21(16,2)20(17)12-14-22(18,19)3/h16-20H,4-14H2,1-3H3/t16-,17-,18-,19+,20-,21-,22-/m0/s1. The van der Waals surface area contributed by atoms with Gasteiger partial charge in [0.1, 0.15) is 5.78 Å². The molecule has 4 rings (SSSR count). The fraction of sp³-hybridized carbons (Fsp3) is 0.955. The number of hydrogen-bond donors (Lipinski definition) is 0. The summed E-state index contributed by atoms with van der Waals surface area (Å²) in [6, 6.07) is 0. The van der Waals surface area contributed by atoms with Gasteiger partial charge < -0.3 is 0 Å². The molecule has 0 spiro atoms. The van der Waals surface area contributed by atoms with Gasteiger partial charge in [-0.05, 0) is 92.8 Å². The third-order valence-corrected chi connectivity index (χ3v) is 9.32. The highest BCUT2D eigenvalue weighted by molar-refractivity contribution is 5.79. The highest BCUT2D eigenvalue weighted by Crippen LogP contribution is 2.66. The van der Waals surface area contributed by atoms with Gasteiger partial charge in [0.2, 0.25) is 0 Å². The normalized spacial score (nSPS) is 52.9. The molecule has 0 bridgehead atoms. The Morgan fingerprint density at radius 1 is 0.783 bits per heavy atom.